The van der Waals surface area contributed by atoms with E-state index in [0.717, 1.165) is 30.4 Å². The Labute approximate surface area is 167 Å². The molecule has 142 valence electrons. The van der Waals surface area contributed by atoms with Gasteiger partial charge in [-0.1, -0.05) is 72.3 Å². The van der Waals surface area contributed by atoms with E-state index in [0.29, 0.717) is 5.71 Å². The van der Waals surface area contributed by atoms with E-state index in [1.54, 1.807) is 6.92 Å². The van der Waals surface area contributed by atoms with Crippen molar-refractivity contribution in [2.24, 2.45) is 0 Å². The van der Waals surface area contributed by atoms with Crippen LogP contribution in [0.15, 0.2) is 78.9 Å². The highest BCUT2D eigenvalue weighted by Crippen LogP contribution is 2.22. The second-order valence-corrected chi connectivity index (χ2v) is 7.25. The first-order valence-electron chi connectivity index (χ1n) is 9.66. The van der Waals surface area contributed by atoms with Crippen molar-refractivity contribution in [3.05, 3.63) is 113 Å². The Morgan fingerprint density at radius 2 is 1.39 bits per heavy atom. The highest BCUT2D eigenvalue weighted by atomic mass is 19.1. The zero-order chi connectivity index (χ0) is 19.9. The maximum Gasteiger partial charge on any atom is 0.123 e. The molecule has 2 heteroatoms. The first kappa shape index (κ1) is 19.8. The highest BCUT2D eigenvalue weighted by Gasteiger charge is 2.05. The van der Waals surface area contributed by atoms with Gasteiger partial charge in [-0.15, -0.1) is 0 Å². The molecule has 0 bridgehead atoms. The summed E-state index contributed by atoms with van der Waals surface area (Å²) in [6.45, 7) is 3.89. The van der Waals surface area contributed by atoms with Crippen LogP contribution in [0, 0.1) is 18.2 Å². The Hall–Kier alpha value is -3.00. The molecule has 0 radical (unpaired) electrons. The molecule has 1 nitrogen and oxygen atoms in total. The van der Waals surface area contributed by atoms with Gasteiger partial charge in [0, 0.05) is 5.71 Å². The number of nitrogens with one attached hydrogen (secondary N) is 1. The zero-order valence-electron chi connectivity index (χ0n) is 16.5. The van der Waals surface area contributed by atoms with Gasteiger partial charge in [-0.2, -0.15) is 0 Å². The van der Waals surface area contributed by atoms with E-state index in [1.807, 2.05) is 24.3 Å². The van der Waals surface area contributed by atoms with Crippen LogP contribution in [0.2, 0.25) is 0 Å². The van der Waals surface area contributed by atoms with Crippen LogP contribution < -0.4 is 0 Å². The number of aryl methyl sites for hydroxylation is 2. The molecular weight excluding hydrogens is 345 g/mol. The molecule has 0 amide bonds. The largest absolute Gasteiger partial charge is 0.305 e. The molecule has 0 saturated carbocycles. The maximum atomic E-state index is 13.4. The van der Waals surface area contributed by atoms with Crippen LogP contribution in [0.1, 0.15) is 41.2 Å². The standard InChI is InChI=1S/C26H26FN/c1-19-3-5-21(6-4-19)9-13-24(25-15-17-26(27)18-16-25)14-10-22-7-11-23(12-8-22)20(2)28/h3-8,11-12,14-18,28H,9-10,13H2,1-2H3. The molecule has 0 aliphatic heterocycles. The molecule has 0 fully saturated rings. The van der Waals surface area contributed by atoms with Crippen LogP contribution in [0.5, 0.6) is 0 Å². The third kappa shape index (κ3) is 5.50. The monoisotopic (exact) mass is 371 g/mol. The first-order valence-corrected chi connectivity index (χ1v) is 9.66. The molecule has 3 aromatic rings. The van der Waals surface area contributed by atoms with Crippen LogP contribution in [-0.4, -0.2) is 5.71 Å². The Bertz CT molecular complexity index is 949. The van der Waals surface area contributed by atoms with Gasteiger partial charge in [-0.05, 0) is 73.1 Å². The van der Waals surface area contributed by atoms with Gasteiger partial charge in [0.25, 0.3) is 0 Å². The lowest BCUT2D eigenvalue weighted by Crippen LogP contribution is -1.94. The highest BCUT2D eigenvalue weighted by molar-refractivity contribution is 5.96. The third-order valence-electron chi connectivity index (χ3n) is 4.99. The van der Waals surface area contributed by atoms with Gasteiger partial charge in [0.2, 0.25) is 0 Å². The van der Waals surface area contributed by atoms with Crippen LogP contribution >= 0.6 is 0 Å². The fraction of sp³-hybridized carbons (Fsp3) is 0.192. The summed E-state index contributed by atoms with van der Waals surface area (Å²) in [6, 6.07) is 23.5. The van der Waals surface area contributed by atoms with Crippen molar-refractivity contribution in [1.82, 2.24) is 0 Å². The summed E-state index contributed by atoms with van der Waals surface area (Å²) in [4.78, 5) is 0. The van der Waals surface area contributed by atoms with Gasteiger partial charge in [0.05, 0.1) is 0 Å². The fourth-order valence-corrected chi connectivity index (χ4v) is 3.19. The predicted octanol–water partition coefficient (Wildman–Crippen LogP) is 6.78. The Kier molecular flexibility index (Phi) is 6.54. The van der Waals surface area contributed by atoms with Crippen molar-refractivity contribution in [3.8, 4) is 0 Å². The lowest BCUT2D eigenvalue weighted by Gasteiger charge is -2.10. The summed E-state index contributed by atoms with van der Waals surface area (Å²) in [5.74, 6) is -0.209. The summed E-state index contributed by atoms with van der Waals surface area (Å²) < 4.78 is 13.4. The number of hydrogen-bond acceptors (Lipinski definition) is 1. The van der Waals surface area contributed by atoms with E-state index in [4.69, 9.17) is 5.41 Å². The van der Waals surface area contributed by atoms with Crippen molar-refractivity contribution >= 4 is 11.3 Å². The van der Waals surface area contributed by atoms with Crippen LogP contribution in [0.25, 0.3) is 5.57 Å². The number of hydrogen-bond donors (Lipinski definition) is 1. The molecule has 0 unspecified atom stereocenters. The number of benzene rings is 3. The molecule has 1 N–H and O–H groups in total. The molecule has 28 heavy (non-hydrogen) atoms. The molecular formula is C26H26FN. The van der Waals surface area contributed by atoms with E-state index in [9.17, 15) is 4.39 Å². The summed E-state index contributed by atoms with van der Waals surface area (Å²) in [6.07, 6.45) is 4.92. The Morgan fingerprint density at radius 1 is 0.821 bits per heavy atom. The second-order valence-electron chi connectivity index (χ2n) is 7.25. The lowest BCUT2D eigenvalue weighted by molar-refractivity contribution is 0.627. The van der Waals surface area contributed by atoms with Crippen molar-refractivity contribution in [3.63, 3.8) is 0 Å². The first-order chi connectivity index (χ1) is 13.5. The van der Waals surface area contributed by atoms with E-state index < -0.39 is 0 Å². The van der Waals surface area contributed by atoms with E-state index in [-0.39, 0.29) is 5.82 Å². The summed E-state index contributed by atoms with van der Waals surface area (Å²) in [5, 5.41) is 7.71. The van der Waals surface area contributed by atoms with Crippen molar-refractivity contribution in [1.29, 1.82) is 5.41 Å². The molecule has 0 aliphatic rings. The van der Waals surface area contributed by atoms with Gasteiger partial charge in [0.15, 0.2) is 0 Å². The van der Waals surface area contributed by atoms with Crippen LogP contribution in [-0.2, 0) is 12.8 Å². The SMILES string of the molecule is CC(=N)c1ccc(CC=C(CCc2ccc(C)cc2)c2ccc(F)cc2)cc1. The lowest BCUT2D eigenvalue weighted by atomic mass is 9.95. The van der Waals surface area contributed by atoms with Gasteiger partial charge in [-0.25, -0.2) is 4.39 Å². The normalized spacial score (nSPS) is 11.5. The van der Waals surface area contributed by atoms with E-state index in [1.165, 1.54) is 34.4 Å². The molecule has 0 aromatic heterocycles. The molecule has 0 atom stereocenters. The minimum atomic E-state index is -0.209. The molecule has 0 saturated heterocycles. The predicted molar refractivity (Wildman–Crippen MR) is 117 cm³/mol. The summed E-state index contributed by atoms with van der Waals surface area (Å²) in [5.41, 5.74) is 7.61. The van der Waals surface area contributed by atoms with Crippen LogP contribution in [0.4, 0.5) is 4.39 Å². The average molecular weight is 371 g/mol. The molecule has 0 heterocycles. The maximum absolute atomic E-state index is 13.4. The van der Waals surface area contributed by atoms with Crippen molar-refractivity contribution in [2.45, 2.75) is 33.1 Å². The van der Waals surface area contributed by atoms with Crippen molar-refractivity contribution < 1.29 is 4.39 Å². The fourth-order valence-electron chi connectivity index (χ4n) is 3.19. The number of allylic oxidation sites excluding steroid dienone is 2. The number of halogens is 1. The Morgan fingerprint density at radius 3 is 2.00 bits per heavy atom. The van der Waals surface area contributed by atoms with E-state index in [2.05, 4.69) is 49.4 Å². The van der Waals surface area contributed by atoms with Gasteiger partial charge < -0.3 is 5.41 Å². The average Bonchev–Trinajstić information content (AvgIpc) is 2.70. The quantitative estimate of drug-likeness (QED) is 0.443. The second kappa shape index (κ2) is 9.27. The smallest absolute Gasteiger partial charge is 0.123 e. The molecule has 3 rings (SSSR count). The summed E-state index contributed by atoms with van der Waals surface area (Å²) in [7, 11) is 0. The van der Waals surface area contributed by atoms with Crippen LogP contribution in [0.3, 0.4) is 0 Å². The zero-order valence-corrected chi connectivity index (χ0v) is 16.5. The van der Waals surface area contributed by atoms with Gasteiger partial charge in [-0.3, -0.25) is 0 Å². The third-order valence-corrected chi connectivity index (χ3v) is 4.99. The van der Waals surface area contributed by atoms with E-state index >= 15 is 0 Å². The van der Waals surface area contributed by atoms with Gasteiger partial charge >= 0.3 is 0 Å². The van der Waals surface area contributed by atoms with Gasteiger partial charge in [0.1, 0.15) is 5.82 Å². The van der Waals surface area contributed by atoms with Crippen molar-refractivity contribution in [2.75, 3.05) is 0 Å². The topological polar surface area (TPSA) is 23.9 Å². The number of rotatable bonds is 7. The Balaban J connectivity index is 1.78. The minimum absolute atomic E-state index is 0.209. The molecule has 3 aromatic carbocycles. The molecule has 0 aliphatic carbocycles. The minimum Gasteiger partial charge on any atom is -0.305 e. The molecule has 0 spiro atoms. The summed E-state index contributed by atoms with van der Waals surface area (Å²) >= 11 is 0.